The second-order valence-corrected chi connectivity index (χ2v) is 9.29. The molecule has 3 aromatic rings. The molecule has 0 aliphatic carbocycles. The van der Waals surface area contributed by atoms with Gasteiger partial charge in [0.25, 0.3) is 0 Å². The Bertz CT molecular complexity index is 1230. The van der Waals surface area contributed by atoms with E-state index >= 15 is 0 Å². The molecule has 0 atom stereocenters. The third-order valence-corrected chi connectivity index (χ3v) is 7.02. The lowest BCUT2D eigenvalue weighted by Crippen LogP contribution is -2.47. The number of urea groups is 1. The van der Waals surface area contributed by atoms with E-state index < -0.39 is 0 Å². The molecule has 35 heavy (non-hydrogen) atoms. The van der Waals surface area contributed by atoms with Gasteiger partial charge in [0.2, 0.25) is 0 Å². The van der Waals surface area contributed by atoms with Crippen molar-refractivity contribution in [3.63, 3.8) is 0 Å². The van der Waals surface area contributed by atoms with Gasteiger partial charge in [-0.1, -0.05) is 0 Å². The van der Waals surface area contributed by atoms with Crippen LogP contribution in [0.2, 0.25) is 0 Å². The van der Waals surface area contributed by atoms with E-state index in [1.165, 1.54) is 25.9 Å². The number of aryl methyl sites for hydroxylation is 1. The van der Waals surface area contributed by atoms with Gasteiger partial charge in [0, 0.05) is 50.0 Å². The van der Waals surface area contributed by atoms with Gasteiger partial charge in [0.1, 0.15) is 17.3 Å². The van der Waals surface area contributed by atoms with Gasteiger partial charge >= 0.3 is 12.1 Å². The first kappa shape index (κ1) is 23.2. The Labute approximate surface area is 205 Å². The predicted molar refractivity (Wildman–Crippen MR) is 135 cm³/mol. The fourth-order valence-corrected chi connectivity index (χ4v) is 5.13. The molecule has 9 nitrogen and oxygen atoms in total. The molecule has 3 amide bonds. The van der Waals surface area contributed by atoms with Crippen LogP contribution in [0.25, 0.3) is 10.9 Å². The predicted octanol–water partition coefficient (Wildman–Crippen LogP) is 4.42. The number of rotatable bonds is 4. The van der Waals surface area contributed by atoms with Crippen LogP contribution in [0.4, 0.5) is 15.4 Å². The van der Waals surface area contributed by atoms with Crippen LogP contribution < -0.4 is 15.4 Å². The van der Waals surface area contributed by atoms with Gasteiger partial charge in [0.05, 0.1) is 5.52 Å². The highest BCUT2D eigenvalue weighted by atomic mass is 16.5. The Morgan fingerprint density at radius 1 is 1.00 bits per heavy atom. The van der Waals surface area contributed by atoms with E-state index in [4.69, 9.17) is 4.74 Å². The average Bonchev–Trinajstić information content (AvgIpc) is 3.53. The molecule has 2 N–H and O–H groups in total. The average molecular weight is 477 g/mol. The van der Waals surface area contributed by atoms with Crippen LogP contribution in [-0.2, 0) is 0 Å². The standard InChI is InChI=1S/C26H32N6O3/c1-18-17-32(25(33)27-2)23-6-5-20(15-22(18)23)35-21-7-10-28-24(16-21)29-26(34)31-13-8-19(9-14-31)30-11-3-4-12-30/h5-7,10,15-17,19H,3-4,8-9,11-14H2,1-2H3,(H,27,33)(H,28,29,34). The molecule has 9 heteroatoms. The molecule has 2 aliphatic heterocycles. The lowest BCUT2D eigenvalue weighted by Gasteiger charge is -2.36. The van der Waals surface area contributed by atoms with Crippen LogP contribution in [0.5, 0.6) is 11.5 Å². The van der Waals surface area contributed by atoms with Crippen LogP contribution in [0.3, 0.4) is 0 Å². The van der Waals surface area contributed by atoms with E-state index in [9.17, 15) is 9.59 Å². The number of benzene rings is 1. The number of carbonyl (C=O) groups excluding carboxylic acids is 2. The zero-order valence-corrected chi connectivity index (χ0v) is 20.3. The molecule has 184 valence electrons. The summed E-state index contributed by atoms with van der Waals surface area (Å²) in [6, 6.07) is 9.37. The van der Waals surface area contributed by atoms with Crippen LogP contribution in [0.15, 0.2) is 42.7 Å². The van der Waals surface area contributed by atoms with Crippen molar-refractivity contribution in [2.75, 3.05) is 38.5 Å². The van der Waals surface area contributed by atoms with E-state index in [0.29, 0.717) is 23.4 Å². The summed E-state index contributed by atoms with van der Waals surface area (Å²) in [5, 5.41) is 6.50. The smallest absolute Gasteiger partial charge is 0.325 e. The van der Waals surface area contributed by atoms with Gasteiger partial charge in [0.15, 0.2) is 0 Å². The summed E-state index contributed by atoms with van der Waals surface area (Å²) in [4.78, 5) is 33.7. The zero-order valence-electron chi connectivity index (χ0n) is 20.3. The maximum Gasteiger partial charge on any atom is 0.325 e. The molecular weight excluding hydrogens is 444 g/mol. The topological polar surface area (TPSA) is 91.7 Å². The summed E-state index contributed by atoms with van der Waals surface area (Å²) in [5.41, 5.74) is 1.79. The molecule has 2 aromatic heterocycles. The molecule has 0 radical (unpaired) electrons. The van der Waals surface area contributed by atoms with E-state index in [1.54, 1.807) is 36.1 Å². The van der Waals surface area contributed by atoms with Crippen molar-refractivity contribution in [2.24, 2.45) is 0 Å². The highest BCUT2D eigenvalue weighted by Gasteiger charge is 2.28. The highest BCUT2D eigenvalue weighted by molar-refractivity contribution is 5.94. The van der Waals surface area contributed by atoms with Crippen molar-refractivity contribution in [3.8, 4) is 11.5 Å². The number of piperidine rings is 1. The van der Waals surface area contributed by atoms with Gasteiger partial charge in [-0.25, -0.2) is 14.6 Å². The molecule has 0 bridgehead atoms. The Hall–Kier alpha value is -3.59. The van der Waals surface area contributed by atoms with Crippen molar-refractivity contribution in [1.29, 1.82) is 0 Å². The van der Waals surface area contributed by atoms with Crippen LogP contribution >= 0.6 is 0 Å². The minimum atomic E-state index is -0.188. The first-order valence-corrected chi connectivity index (χ1v) is 12.3. The Morgan fingerprint density at radius 3 is 2.49 bits per heavy atom. The second kappa shape index (κ2) is 9.95. The first-order chi connectivity index (χ1) is 17.0. The van der Waals surface area contributed by atoms with Crippen molar-refractivity contribution in [3.05, 3.63) is 48.3 Å². The number of nitrogens with one attached hydrogen (secondary N) is 2. The summed E-state index contributed by atoms with van der Waals surface area (Å²) in [6.45, 7) is 5.87. The van der Waals surface area contributed by atoms with Gasteiger partial charge in [-0.2, -0.15) is 0 Å². The maximum atomic E-state index is 12.8. The van der Waals surface area contributed by atoms with Gasteiger partial charge in [-0.05, 0) is 75.5 Å². The largest absolute Gasteiger partial charge is 0.457 e. The van der Waals surface area contributed by atoms with Crippen molar-refractivity contribution in [1.82, 2.24) is 24.7 Å². The van der Waals surface area contributed by atoms with Crippen LogP contribution in [0, 0.1) is 6.92 Å². The first-order valence-electron chi connectivity index (χ1n) is 12.3. The number of anilines is 1. The monoisotopic (exact) mass is 476 g/mol. The molecular formula is C26H32N6O3. The number of hydrogen-bond acceptors (Lipinski definition) is 5. The Morgan fingerprint density at radius 2 is 1.74 bits per heavy atom. The number of likely N-dealkylation sites (tertiary alicyclic amines) is 2. The summed E-state index contributed by atoms with van der Waals surface area (Å²) < 4.78 is 7.64. The number of pyridine rings is 1. The molecule has 2 aliphatic rings. The highest BCUT2D eigenvalue weighted by Crippen LogP contribution is 2.29. The third kappa shape index (κ3) is 4.95. The lowest BCUT2D eigenvalue weighted by atomic mass is 10.0. The van der Waals surface area contributed by atoms with Gasteiger partial charge < -0.3 is 19.9 Å². The number of nitrogens with zero attached hydrogens (tertiary/aromatic N) is 4. The van der Waals surface area contributed by atoms with Crippen LogP contribution in [0.1, 0.15) is 31.2 Å². The molecule has 0 spiro atoms. The molecule has 2 saturated heterocycles. The van der Waals surface area contributed by atoms with Gasteiger partial charge in [-0.15, -0.1) is 0 Å². The third-order valence-electron chi connectivity index (χ3n) is 7.02. The number of amides is 3. The quantitative estimate of drug-likeness (QED) is 0.582. The SMILES string of the molecule is CNC(=O)n1cc(C)c2cc(Oc3ccnc(NC(=O)N4CCC(N5CCCC5)CC4)c3)ccc21. The fourth-order valence-electron chi connectivity index (χ4n) is 5.13. The number of hydrogen-bond donors (Lipinski definition) is 2. The summed E-state index contributed by atoms with van der Waals surface area (Å²) in [6.07, 6.45) is 8.06. The van der Waals surface area contributed by atoms with E-state index in [0.717, 1.165) is 42.4 Å². The molecule has 5 rings (SSSR count). The molecule has 0 saturated carbocycles. The molecule has 4 heterocycles. The van der Waals surface area contributed by atoms with Crippen LogP contribution in [-0.4, -0.2) is 70.7 Å². The van der Waals surface area contributed by atoms with E-state index in [1.807, 2.05) is 30.0 Å². The molecule has 2 fully saturated rings. The second-order valence-electron chi connectivity index (χ2n) is 9.29. The van der Waals surface area contributed by atoms with Crippen molar-refractivity contribution < 1.29 is 14.3 Å². The summed E-state index contributed by atoms with van der Waals surface area (Å²) in [5.74, 6) is 1.67. The fraction of sp³-hybridized carbons (Fsp3) is 0.423. The number of ether oxygens (including phenoxy) is 1. The van der Waals surface area contributed by atoms with Gasteiger partial charge in [-0.3, -0.25) is 9.88 Å². The maximum absolute atomic E-state index is 12.8. The lowest BCUT2D eigenvalue weighted by molar-refractivity contribution is 0.140. The Balaban J connectivity index is 1.22. The number of fused-ring (bicyclic) bond motifs is 1. The zero-order chi connectivity index (χ0) is 24.4. The normalized spacial score (nSPS) is 17.0. The van der Waals surface area contributed by atoms with Crippen molar-refractivity contribution in [2.45, 2.75) is 38.6 Å². The molecule has 0 unspecified atom stereocenters. The minimum Gasteiger partial charge on any atom is -0.457 e. The van der Waals surface area contributed by atoms with E-state index in [-0.39, 0.29) is 12.1 Å². The van der Waals surface area contributed by atoms with Crippen molar-refractivity contribution >= 4 is 28.8 Å². The number of aromatic nitrogens is 2. The number of carbonyl (C=O) groups is 2. The summed E-state index contributed by atoms with van der Waals surface area (Å²) >= 11 is 0. The molecule has 1 aromatic carbocycles. The Kier molecular flexibility index (Phi) is 6.59. The minimum absolute atomic E-state index is 0.123. The summed E-state index contributed by atoms with van der Waals surface area (Å²) in [7, 11) is 1.61. The van der Waals surface area contributed by atoms with E-state index in [2.05, 4.69) is 20.5 Å².